The van der Waals surface area contributed by atoms with Crippen LogP contribution in [0.5, 0.6) is 5.75 Å². The number of furan rings is 1. The molecule has 0 fully saturated rings. The molecule has 0 aliphatic heterocycles. The molecular formula is C16H13F2N3O3S. The quantitative estimate of drug-likeness (QED) is 0.731. The Balaban J connectivity index is 1.83. The summed E-state index contributed by atoms with van der Waals surface area (Å²) in [4.78, 5) is 16.4. The molecule has 0 radical (unpaired) electrons. The lowest BCUT2D eigenvalue weighted by molar-refractivity contribution is -0.0498. The van der Waals surface area contributed by atoms with Crippen molar-refractivity contribution in [3.05, 3.63) is 47.5 Å². The van der Waals surface area contributed by atoms with E-state index in [1.54, 1.807) is 32.0 Å². The Bertz CT molecular complexity index is 908. The molecule has 1 amide bonds. The van der Waals surface area contributed by atoms with E-state index < -0.39 is 6.61 Å². The van der Waals surface area contributed by atoms with Gasteiger partial charge in [0.2, 0.25) is 5.13 Å². The number of nitrogens with one attached hydrogen (secondary N) is 1. The molecule has 1 aromatic carbocycles. The van der Waals surface area contributed by atoms with Crippen LogP contribution in [0.1, 0.15) is 21.9 Å². The number of nitrogens with zero attached hydrogens (tertiary/aromatic N) is 2. The summed E-state index contributed by atoms with van der Waals surface area (Å²) in [5, 5.41) is 3.03. The van der Waals surface area contributed by atoms with E-state index in [0.717, 1.165) is 11.5 Å². The van der Waals surface area contributed by atoms with E-state index >= 15 is 0 Å². The molecule has 3 rings (SSSR count). The highest BCUT2D eigenvalue weighted by Crippen LogP contribution is 2.29. The smallest absolute Gasteiger partial charge is 0.387 e. The van der Waals surface area contributed by atoms with Gasteiger partial charge in [0, 0.05) is 17.1 Å². The van der Waals surface area contributed by atoms with E-state index in [0.29, 0.717) is 33.6 Å². The molecular weight excluding hydrogens is 352 g/mol. The summed E-state index contributed by atoms with van der Waals surface area (Å²) in [5.74, 6) is 0.964. The molecule has 2 heterocycles. The fourth-order valence-corrected chi connectivity index (χ4v) is 2.76. The number of benzene rings is 1. The van der Waals surface area contributed by atoms with Crippen molar-refractivity contribution in [3.8, 4) is 17.1 Å². The average molecular weight is 365 g/mol. The maximum Gasteiger partial charge on any atom is 0.387 e. The monoisotopic (exact) mass is 365 g/mol. The van der Waals surface area contributed by atoms with E-state index in [2.05, 4.69) is 19.4 Å². The summed E-state index contributed by atoms with van der Waals surface area (Å²) in [7, 11) is 0. The molecule has 2 aromatic heterocycles. The van der Waals surface area contributed by atoms with Gasteiger partial charge in [-0.3, -0.25) is 10.1 Å². The number of amides is 1. The van der Waals surface area contributed by atoms with Crippen LogP contribution in [0, 0.1) is 13.8 Å². The van der Waals surface area contributed by atoms with E-state index in [9.17, 15) is 13.6 Å². The van der Waals surface area contributed by atoms with Crippen LogP contribution in [-0.4, -0.2) is 21.9 Å². The number of carbonyl (C=O) groups is 1. The number of hydrogen-bond donors (Lipinski definition) is 1. The van der Waals surface area contributed by atoms with Gasteiger partial charge in [-0.1, -0.05) is 12.1 Å². The van der Waals surface area contributed by atoms with Crippen molar-refractivity contribution in [1.29, 1.82) is 0 Å². The Labute approximate surface area is 145 Å². The molecule has 0 aliphatic carbocycles. The maximum absolute atomic E-state index is 12.3. The first kappa shape index (κ1) is 17.0. The first-order valence-electron chi connectivity index (χ1n) is 7.19. The maximum atomic E-state index is 12.3. The van der Waals surface area contributed by atoms with Gasteiger partial charge in [0.05, 0.1) is 5.56 Å². The number of halogens is 2. The van der Waals surface area contributed by atoms with Gasteiger partial charge < -0.3 is 9.15 Å². The molecule has 0 spiro atoms. The number of aromatic nitrogens is 2. The lowest BCUT2D eigenvalue weighted by Gasteiger charge is -2.05. The molecule has 1 N–H and O–H groups in total. The van der Waals surface area contributed by atoms with Crippen molar-refractivity contribution >= 4 is 22.6 Å². The van der Waals surface area contributed by atoms with Gasteiger partial charge in [-0.2, -0.15) is 13.2 Å². The summed E-state index contributed by atoms with van der Waals surface area (Å²) in [6.07, 6.45) is 0. The van der Waals surface area contributed by atoms with E-state index in [-0.39, 0.29) is 11.7 Å². The van der Waals surface area contributed by atoms with Gasteiger partial charge in [0.25, 0.3) is 5.91 Å². The van der Waals surface area contributed by atoms with Crippen LogP contribution in [-0.2, 0) is 0 Å². The largest absolute Gasteiger partial charge is 0.461 e. The highest BCUT2D eigenvalue weighted by atomic mass is 32.1. The molecule has 6 nitrogen and oxygen atoms in total. The van der Waals surface area contributed by atoms with E-state index in [1.165, 1.54) is 12.1 Å². The Hall–Kier alpha value is -2.81. The zero-order chi connectivity index (χ0) is 18.0. The fourth-order valence-electron chi connectivity index (χ4n) is 2.19. The minimum atomic E-state index is -2.91. The van der Waals surface area contributed by atoms with Gasteiger partial charge in [0.1, 0.15) is 23.1 Å². The molecule has 0 atom stereocenters. The van der Waals surface area contributed by atoms with Crippen LogP contribution in [0.15, 0.2) is 34.7 Å². The topological polar surface area (TPSA) is 77.2 Å². The third kappa shape index (κ3) is 4.00. The molecule has 9 heteroatoms. The summed E-state index contributed by atoms with van der Waals surface area (Å²) in [5.41, 5.74) is 0.843. The third-order valence-corrected chi connectivity index (χ3v) is 3.98. The minimum absolute atomic E-state index is 0.0110. The number of ether oxygens (including phenoxy) is 1. The summed E-state index contributed by atoms with van der Waals surface area (Å²) in [6.45, 7) is 0.454. The lowest BCUT2D eigenvalue weighted by Crippen LogP contribution is -2.11. The van der Waals surface area contributed by atoms with Crippen LogP contribution in [0.25, 0.3) is 11.3 Å². The van der Waals surface area contributed by atoms with Crippen molar-refractivity contribution < 1.29 is 22.7 Å². The first-order valence-corrected chi connectivity index (χ1v) is 7.97. The number of hydrogen-bond acceptors (Lipinski definition) is 6. The van der Waals surface area contributed by atoms with Crippen LogP contribution in [0.2, 0.25) is 0 Å². The molecule has 0 unspecified atom stereocenters. The summed E-state index contributed by atoms with van der Waals surface area (Å²) < 4.78 is 38.6. The Morgan fingerprint density at radius 3 is 2.80 bits per heavy atom. The van der Waals surface area contributed by atoms with Crippen molar-refractivity contribution in [1.82, 2.24) is 9.36 Å². The second kappa shape index (κ2) is 6.98. The Kier molecular flexibility index (Phi) is 4.75. The zero-order valence-corrected chi connectivity index (χ0v) is 14.1. The highest BCUT2D eigenvalue weighted by Gasteiger charge is 2.18. The first-order chi connectivity index (χ1) is 11.9. The van der Waals surface area contributed by atoms with Crippen LogP contribution < -0.4 is 10.1 Å². The van der Waals surface area contributed by atoms with Crippen molar-refractivity contribution in [2.24, 2.45) is 0 Å². The van der Waals surface area contributed by atoms with Crippen LogP contribution in [0.3, 0.4) is 0 Å². The van der Waals surface area contributed by atoms with Crippen molar-refractivity contribution in [2.75, 3.05) is 5.32 Å². The highest BCUT2D eigenvalue weighted by molar-refractivity contribution is 7.09. The molecule has 130 valence electrons. The molecule has 0 bridgehead atoms. The van der Waals surface area contributed by atoms with Gasteiger partial charge in [0.15, 0.2) is 0 Å². The summed E-state index contributed by atoms with van der Waals surface area (Å²) >= 11 is 1.08. The average Bonchev–Trinajstić information content (AvgIpc) is 3.13. The van der Waals surface area contributed by atoms with Gasteiger partial charge >= 0.3 is 6.61 Å². The number of aryl methyl sites for hydroxylation is 2. The Morgan fingerprint density at radius 2 is 2.12 bits per heavy atom. The minimum Gasteiger partial charge on any atom is -0.461 e. The number of alkyl halides is 2. The fraction of sp³-hybridized carbons (Fsp3) is 0.188. The number of anilines is 1. The predicted molar refractivity (Wildman–Crippen MR) is 88.1 cm³/mol. The zero-order valence-electron chi connectivity index (χ0n) is 13.2. The van der Waals surface area contributed by atoms with Crippen LogP contribution >= 0.6 is 11.5 Å². The van der Waals surface area contributed by atoms with Crippen molar-refractivity contribution in [2.45, 2.75) is 20.5 Å². The molecule has 25 heavy (non-hydrogen) atoms. The molecule has 0 saturated heterocycles. The number of carbonyl (C=O) groups excluding carboxylic acids is 1. The molecule has 3 aromatic rings. The predicted octanol–water partition coefficient (Wildman–Crippen LogP) is 4.27. The number of rotatable bonds is 5. The van der Waals surface area contributed by atoms with Gasteiger partial charge in [-0.25, -0.2) is 4.98 Å². The third-order valence-electron chi connectivity index (χ3n) is 3.25. The standard InChI is InChI=1S/C16H13F2N3O3S/c1-8-12(14(22)20-16-19-9(2)21-25-16)7-13(23-8)10-4-3-5-11(6-10)24-15(17)18/h3-7,15H,1-2H3,(H,19,20,21,22). The van der Waals surface area contributed by atoms with Gasteiger partial charge in [-0.15, -0.1) is 0 Å². The van der Waals surface area contributed by atoms with Gasteiger partial charge in [-0.05, 0) is 32.0 Å². The Morgan fingerprint density at radius 1 is 1.32 bits per heavy atom. The lowest BCUT2D eigenvalue weighted by atomic mass is 10.1. The van der Waals surface area contributed by atoms with E-state index in [1.807, 2.05) is 0 Å². The van der Waals surface area contributed by atoms with E-state index in [4.69, 9.17) is 4.42 Å². The normalized spacial score (nSPS) is 10.9. The second-order valence-corrected chi connectivity index (χ2v) is 5.84. The van der Waals surface area contributed by atoms with Crippen LogP contribution in [0.4, 0.5) is 13.9 Å². The van der Waals surface area contributed by atoms with Crippen molar-refractivity contribution in [3.63, 3.8) is 0 Å². The SMILES string of the molecule is Cc1nsc(NC(=O)c2cc(-c3cccc(OC(F)F)c3)oc2C)n1. The summed E-state index contributed by atoms with van der Waals surface area (Å²) in [6, 6.07) is 7.61. The molecule has 0 aliphatic rings. The molecule has 0 saturated carbocycles. The second-order valence-electron chi connectivity index (χ2n) is 5.09.